The van der Waals surface area contributed by atoms with E-state index in [1.54, 1.807) is 13.8 Å². The highest BCUT2D eigenvalue weighted by atomic mass is 79.9. The number of hydrogen-bond donors (Lipinski definition) is 0. The van der Waals surface area contributed by atoms with Crippen LogP contribution in [0.4, 0.5) is 13.2 Å². The summed E-state index contributed by atoms with van der Waals surface area (Å²) in [5.41, 5.74) is -0.526. The monoisotopic (exact) mass is 322 g/mol. The van der Waals surface area contributed by atoms with Gasteiger partial charge in [-0.05, 0) is 24.1 Å². The van der Waals surface area contributed by atoms with E-state index in [0.29, 0.717) is 6.42 Å². The van der Waals surface area contributed by atoms with Crippen molar-refractivity contribution in [2.24, 2.45) is 5.41 Å². The molecule has 0 saturated heterocycles. The molecule has 0 radical (unpaired) electrons. The van der Waals surface area contributed by atoms with Crippen LogP contribution in [0.15, 0.2) is 24.3 Å². The third-order valence-corrected chi connectivity index (χ3v) is 3.31. The maximum absolute atomic E-state index is 12.4. The van der Waals surface area contributed by atoms with Crippen LogP contribution in [0.25, 0.3) is 0 Å². The molecule has 0 heterocycles. The largest absolute Gasteiger partial charge is 0.416 e. The molecule has 1 aromatic rings. The molecule has 1 aromatic carbocycles. The molecule has 100 valence electrons. The quantitative estimate of drug-likeness (QED) is 0.758. The standard InChI is InChI=1S/C13H14BrF3O/c1-12(2,11(18)8-14)7-9-3-5-10(6-4-9)13(15,16)17/h3-6H,7-8H2,1-2H3. The van der Waals surface area contributed by atoms with E-state index in [0.717, 1.165) is 17.7 Å². The molecule has 0 amide bonds. The second-order valence-corrected chi connectivity index (χ2v) is 5.37. The van der Waals surface area contributed by atoms with Crippen molar-refractivity contribution in [1.29, 1.82) is 0 Å². The van der Waals surface area contributed by atoms with Gasteiger partial charge in [-0.3, -0.25) is 4.79 Å². The number of rotatable bonds is 4. The van der Waals surface area contributed by atoms with Crippen molar-refractivity contribution in [2.75, 3.05) is 5.33 Å². The van der Waals surface area contributed by atoms with Crippen molar-refractivity contribution in [3.8, 4) is 0 Å². The Bertz CT molecular complexity index is 421. The molecule has 0 bridgehead atoms. The summed E-state index contributed by atoms with van der Waals surface area (Å²) in [5, 5.41) is 0.251. The highest BCUT2D eigenvalue weighted by Crippen LogP contribution is 2.30. The molecule has 5 heteroatoms. The Balaban J connectivity index is 2.85. The Morgan fingerprint density at radius 2 is 1.67 bits per heavy atom. The van der Waals surface area contributed by atoms with Crippen molar-refractivity contribution in [2.45, 2.75) is 26.4 Å². The van der Waals surface area contributed by atoms with E-state index in [-0.39, 0.29) is 11.1 Å². The smallest absolute Gasteiger partial charge is 0.298 e. The van der Waals surface area contributed by atoms with Crippen LogP contribution in [-0.2, 0) is 17.4 Å². The molecular formula is C13H14BrF3O. The van der Waals surface area contributed by atoms with E-state index in [9.17, 15) is 18.0 Å². The van der Waals surface area contributed by atoms with Crippen molar-refractivity contribution in [3.05, 3.63) is 35.4 Å². The van der Waals surface area contributed by atoms with Gasteiger partial charge in [0.15, 0.2) is 0 Å². The van der Waals surface area contributed by atoms with E-state index in [2.05, 4.69) is 15.9 Å². The number of benzene rings is 1. The maximum atomic E-state index is 12.4. The number of alkyl halides is 4. The first-order valence-electron chi connectivity index (χ1n) is 5.42. The van der Waals surface area contributed by atoms with Gasteiger partial charge in [0.05, 0.1) is 10.9 Å². The van der Waals surface area contributed by atoms with Crippen molar-refractivity contribution < 1.29 is 18.0 Å². The van der Waals surface area contributed by atoms with Crippen LogP contribution in [0.1, 0.15) is 25.0 Å². The first-order valence-corrected chi connectivity index (χ1v) is 6.54. The lowest BCUT2D eigenvalue weighted by molar-refractivity contribution is -0.137. The van der Waals surface area contributed by atoms with Gasteiger partial charge in [0, 0.05) is 5.41 Å². The molecule has 0 aliphatic carbocycles. The number of carbonyl (C=O) groups is 1. The SMILES string of the molecule is CC(C)(Cc1ccc(C(F)(F)F)cc1)C(=O)CBr. The van der Waals surface area contributed by atoms with Crippen LogP contribution >= 0.6 is 15.9 Å². The van der Waals surface area contributed by atoms with Gasteiger partial charge >= 0.3 is 6.18 Å². The summed E-state index contributed by atoms with van der Waals surface area (Å²) in [6.45, 7) is 3.57. The Hall–Kier alpha value is -0.840. The van der Waals surface area contributed by atoms with Crippen LogP contribution < -0.4 is 0 Å². The van der Waals surface area contributed by atoms with Crippen molar-refractivity contribution >= 4 is 21.7 Å². The number of carbonyl (C=O) groups excluding carboxylic acids is 1. The van der Waals surface area contributed by atoms with E-state index >= 15 is 0 Å². The number of ketones is 1. The molecule has 0 atom stereocenters. The molecule has 0 unspecified atom stereocenters. The van der Waals surface area contributed by atoms with Gasteiger partial charge in [-0.25, -0.2) is 0 Å². The minimum absolute atomic E-state index is 0.0300. The molecule has 18 heavy (non-hydrogen) atoms. The van der Waals surface area contributed by atoms with E-state index in [1.165, 1.54) is 12.1 Å². The van der Waals surface area contributed by atoms with Crippen LogP contribution in [0.2, 0.25) is 0 Å². The van der Waals surface area contributed by atoms with Gasteiger partial charge in [0.2, 0.25) is 0 Å². The topological polar surface area (TPSA) is 17.1 Å². The fourth-order valence-electron chi connectivity index (χ4n) is 1.60. The number of halogens is 4. The summed E-state index contributed by atoms with van der Waals surface area (Å²) in [5.74, 6) is 0.0300. The van der Waals surface area contributed by atoms with Gasteiger partial charge in [0.1, 0.15) is 5.78 Å². The molecule has 0 spiro atoms. The molecule has 0 aliphatic heterocycles. The van der Waals surface area contributed by atoms with Gasteiger partial charge in [-0.15, -0.1) is 0 Å². The summed E-state index contributed by atoms with van der Waals surface area (Å²) in [6.07, 6.45) is -3.89. The average Bonchev–Trinajstić information content (AvgIpc) is 2.26. The Labute approximate surface area is 113 Å². The number of hydrogen-bond acceptors (Lipinski definition) is 1. The van der Waals surface area contributed by atoms with Gasteiger partial charge in [0.25, 0.3) is 0 Å². The van der Waals surface area contributed by atoms with Crippen molar-refractivity contribution in [1.82, 2.24) is 0 Å². The summed E-state index contributed by atoms with van der Waals surface area (Å²) >= 11 is 3.10. The normalized spacial score (nSPS) is 12.6. The van der Waals surface area contributed by atoms with Crippen LogP contribution in [0.3, 0.4) is 0 Å². The Morgan fingerprint density at radius 3 is 2.06 bits per heavy atom. The zero-order valence-electron chi connectivity index (χ0n) is 10.1. The summed E-state index contributed by atoms with van der Waals surface area (Å²) < 4.78 is 37.1. The summed E-state index contributed by atoms with van der Waals surface area (Å²) in [7, 11) is 0. The number of Topliss-reactive ketones (excluding diaryl/α,β-unsaturated/α-hetero) is 1. The molecule has 0 N–H and O–H groups in total. The maximum Gasteiger partial charge on any atom is 0.416 e. The highest BCUT2D eigenvalue weighted by molar-refractivity contribution is 9.09. The fourth-order valence-corrected chi connectivity index (χ4v) is 2.36. The minimum atomic E-state index is -4.32. The van der Waals surface area contributed by atoms with E-state index in [4.69, 9.17) is 0 Å². The lowest BCUT2D eigenvalue weighted by Gasteiger charge is -2.22. The molecule has 0 aromatic heterocycles. The zero-order chi connectivity index (χ0) is 14.0. The first kappa shape index (κ1) is 15.2. The predicted molar refractivity (Wildman–Crippen MR) is 67.7 cm³/mol. The second-order valence-electron chi connectivity index (χ2n) is 4.81. The Kier molecular flexibility index (Phi) is 4.59. The van der Waals surface area contributed by atoms with Crippen molar-refractivity contribution in [3.63, 3.8) is 0 Å². The molecule has 0 fully saturated rings. The van der Waals surface area contributed by atoms with E-state index in [1.807, 2.05) is 0 Å². The third kappa shape index (κ3) is 3.83. The lowest BCUT2D eigenvalue weighted by Crippen LogP contribution is -2.27. The molecule has 0 saturated carbocycles. The van der Waals surface area contributed by atoms with Crippen LogP contribution in [-0.4, -0.2) is 11.1 Å². The predicted octanol–water partition coefficient (Wildman–Crippen LogP) is 4.24. The Morgan fingerprint density at radius 1 is 1.17 bits per heavy atom. The van der Waals surface area contributed by atoms with Gasteiger partial charge in [-0.2, -0.15) is 13.2 Å². The second kappa shape index (κ2) is 5.43. The average molecular weight is 323 g/mol. The van der Waals surface area contributed by atoms with Crippen LogP contribution in [0, 0.1) is 5.41 Å². The van der Waals surface area contributed by atoms with Gasteiger partial charge < -0.3 is 0 Å². The van der Waals surface area contributed by atoms with E-state index < -0.39 is 17.2 Å². The van der Waals surface area contributed by atoms with Crippen LogP contribution in [0.5, 0.6) is 0 Å². The van der Waals surface area contributed by atoms with Gasteiger partial charge in [-0.1, -0.05) is 41.9 Å². The summed E-state index contributed by atoms with van der Waals surface area (Å²) in [4.78, 5) is 11.6. The highest BCUT2D eigenvalue weighted by Gasteiger charge is 2.31. The zero-order valence-corrected chi connectivity index (χ0v) is 11.7. The molecular weight excluding hydrogens is 309 g/mol. The molecule has 1 rings (SSSR count). The molecule has 1 nitrogen and oxygen atoms in total. The minimum Gasteiger partial charge on any atom is -0.298 e. The summed E-state index contributed by atoms with van der Waals surface area (Å²) in [6, 6.07) is 4.94. The molecule has 0 aliphatic rings. The fraction of sp³-hybridized carbons (Fsp3) is 0.462. The third-order valence-electron chi connectivity index (χ3n) is 2.80. The lowest BCUT2D eigenvalue weighted by atomic mass is 9.82. The first-order chi connectivity index (χ1) is 8.16.